The predicted octanol–water partition coefficient (Wildman–Crippen LogP) is 3.52. The Morgan fingerprint density at radius 2 is 1.95 bits per heavy atom. The first-order valence-electron chi connectivity index (χ1n) is 6.62. The van der Waals surface area contributed by atoms with Gasteiger partial charge in [-0.1, -0.05) is 28.1 Å². The van der Waals surface area contributed by atoms with Crippen molar-refractivity contribution in [2.45, 2.75) is 6.42 Å². The average Bonchev–Trinajstić information content (AvgIpc) is 2.82. The summed E-state index contributed by atoms with van der Waals surface area (Å²) >= 11 is 3.40. The van der Waals surface area contributed by atoms with Gasteiger partial charge in [0.25, 0.3) is 5.91 Å². The monoisotopic (exact) mass is 357 g/mol. The molecule has 1 heterocycles. The van der Waals surface area contributed by atoms with Crippen LogP contribution in [0.2, 0.25) is 0 Å². The maximum atomic E-state index is 12.1. The van der Waals surface area contributed by atoms with Crippen LogP contribution < -0.4 is 5.32 Å². The molecule has 6 heteroatoms. The predicted molar refractivity (Wildman–Crippen MR) is 89.4 cm³/mol. The number of anilines is 1. The molecule has 0 fully saturated rings. The number of hydrogen-bond donors (Lipinski definition) is 2. The Balaban J connectivity index is 1.92. The van der Waals surface area contributed by atoms with Crippen LogP contribution >= 0.6 is 15.9 Å². The van der Waals surface area contributed by atoms with E-state index in [9.17, 15) is 4.79 Å². The van der Waals surface area contributed by atoms with Crippen molar-refractivity contribution in [1.29, 1.82) is 0 Å². The van der Waals surface area contributed by atoms with E-state index in [1.54, 1.807) is 0 Å². The molecule has 0 aliphatic carbocycles. The van der Waals surface area contributed by atoms with Crippen molar-refractivity contribution in [3.63, 3.8) is 0 Å². The number of carbonyl (C=O) groups is 1. The van der Waals surface area contributed by atoms with Crippen molar-refractivity contribution < 1.29 is 10.0 Å². The van der Waals surface area contributed by atoms with E-state index in [0.717, 1.165) is 21.3 Å². The standard InChI is InChI=1S/C16H12BrN3O2/c17-11-3-6-14-13(9-11)15(16(21)20-14)19-12-4-1-10(2-5-12)7-8-18-22/h1-6,8-9,22H,7H2,(H,19,20,21). The molecule has 0 saturated heterocycles. The van der Waals surface area contributed by atoms with E-state index in [1.807, 2.05) is 42.5 Å². The first-order valence-corrected chi connectivity index (χ1v) is 7.41. The molecule has 0 saturated carbocycles. The minimum Gasteiger partial charge on any atom is -0.411 e. The Labute approximate surface area is 135 Å². The number of benzene rings is 2. The van der Waals surface area contributed by atoms with Gasteiger partial charge in [-0.3, -0.25) is 4.79 Å². The zero-order valence-corrected chi connectivity index (χ0v) is 13.0. The van der Waals surface area contributed by atoms with Crippen molar-refractivity contribution >= 4 is 45.1 Å². The molecule has 5 nitrogen and oxygen atoms in total. The third kappa shape index (κ3) is 2.92. The van der Waals surface area contributed by atoms with Gasteiger partial charge in [0, 0.05) is 22.7 Å². The number of hydrogen-bond acceptors (Lipinski definition) is 4. The van der Waals surface area contributed by atoms with Crippen LogP contribution in [0, 0.1) is 0 Å². The highest BCUT2D eigenvalue weighted by Crippen LogP contribution is 2.28. The van der Waals surface area contributed by atoms with Crippen LogP contribution in [-0.4, -0.2) is 23.0 Å². The highest BCUT2D eigenvalue weighted by molar-refractivity contribution is 9.10. The minimum atomic E-state index is -0.204. The van der Waals surface area contributed by atoms with Gasteiger partial charge in [-0.05, 0) is 35.9 Å². The topological polar surface area (TPSA) is 74.0 Å². The second-order valence-corrected chi connectivity index (χ2v) is 5.69. The van der Waals surface area contributed by atoms with Crippen LogP contribution in [0.1, 0.15) is 11.1 Å². The third-order valence-corrected chi connectivity index (χ3v) is 3.78. The largest absolute Gasteiger partial charge is 0.411 e. The van der Waals surface area contributed by atoms with Crippen LogP contribution in [-0.2, 0) is 11.2 Å². The summed E-state index contributed by atoms with van der Waals surface area (Å²) in [5, 5.41) is 14.2. The molecule has 1 aliphatic heterocycles. The number of halogens is 1. The molecule has 22 heavy (non-hydrogen) atoms. The fourth-order valence-corrected chi connectivity index (χ4v) is 2.58. The third-order valence-electron chi connectivity index (χ3n) is 3.29. The first kappa shape index (κ1) is 14.5. The van der Waals surface area contributed by atoms with Gasteiger partial charge in [-0.2, -0.15) is 0 Å². The molecular formula is C16H12BrN3O2. The van der Waals surface area contributed by atoms with Crippen molar-refractivity contribution in [2.24, 2.45) is 10.1 Å². The fourth-order valence-electron chi connectivity index (χ4n) is 2.22. The van der Waals surface area contributed by atoms with Crippen LogP contribution in [0.15, 0.2) is 57.1 Å². The lowest BCUT2D eigenvalue weighted by Gasteiger charge is -2.00. The summed E-state index contributed by atoms with van der Waals surface area (Å²) in [6.45, 7) is 0. The van der Waals surface area contributed by atoms with Crippen LogP contribution in [0.3, 0.4) is 0 Å². The van der Waals surface area contributed by atoms with E-state index < -0.39 is 0 Å². The van der Waals surface area contributed by atoms with Crippen LogP contribution in [0.25, 0.3) is 0 Å². The minimum absolute atomic E-state index is 0.204. The van der Waals surface area contributed by atoms with Gasteiger partial charge in [-0.15, -0.1) is 5.16 Å². The fraction of sp³-hybridized carbons (Fsp3) is 0.0625. The number of amides is 1. The number of rotatable bonds is 3. The number of oxime groups is 1. The summed E-state index contributed by atoms with van der Waals surface area (Å²) in [6.07, 6.45) is 1.96. The molecule has 2 aromatic carbocycles. The zero-order valence-electron chi connectivity index (χ0n) is 11.5. The molecular weight excluding hydrogens is 346 g/mol. The summed E-state index contributed by atoms with van der Waals surface area (Å²) in [6, 6.07) is 13.0. The van der Waals surface area contributed by atoms with E-state index in [0.29, 0.717) is 17.8 Å². The Kier molecular flexibility index (Phi) is 4.02. The molecule has 1 amide bonds. The van der Waals surface area contributed by atoms with Crippen LogP contribution in [0.4, 0.5) is 11.4 Å². The first-order chi connectivity index (χ1) is 10.7. The summed E-state index contributed by atoms with van der Waals surface area (Å²) in [7, 11) is 0. The molecule has 0 unspecified atom stereocenters. The Morgan fingerprint density at radius 3 is 2.68 bits per heavy atom. The van der Waals surface area contributed by atoms with Gasteiger partial charge in [0.2, 0.25) is 0 Å². The summed E-state index contributed by atoms with van der Waals surface area (Å²) in [4.78, 5) is 16.5. The lowest BCUT2D eigenvalue weighted by molar-refractivity contribution is -0.110. The average molecular weight is 358 g/mol. The van der Waals surface area contributed by atoms with Crippen molar-refractivity contribution in [3.05, 3.63) is 58.1 Å². The number of nitrogens with zero attached hydrogens (tertiary/aromatic N) is 2. The maximum Gasteiger partial charge on any atom is 0.275 e. The quantitative estimate of drug-likeness (QED) is 0.501. The van der Waals surface area contributed by atoms with Crippen molar-refractivity contribution in [3.8, 4) is 0 Å². The molecule has 2 N–H and O–H groups in total. The Morgan fingerprint density at radius 1 is 1.18 bits per heavy atom. The zero-order chi connectivity index (χ0) is 15.5. The molecule has 0 atom stereocenters. The van der Waals surface area contributed by atoms with Gasteiger partial charge in [0.05, 0.1) is 11.4 Å². The molecule has 110 valence electrons. The van der Waals surface area contributed by atoms with Crippen molar-refractivity contribution in [2.75, 3.05) is 5.32 Å². The molecule has 1 aliphatic rings. The maximum absolute atomic E-state index is 12.1. The number of fused-ring (bicyclic) bond motifs is 1. The van der Waals surface area contributed by atoms with Crippen molar-refractivity contribution in [1.82, 2.24) is 0 Å². The van der Waals surface area contributed by atoms with Gasteiger partial charge >= 0.3 is 0 Å². The second kappa shape index (κ2) is 6.11. The van der Waals surface area contributed by atoms with E-state index in [-0.39, 0.29) is 5.91 Å². The van der Waals surface area contributed by atoms with Gasteiger partial charge < -0.3 is 10.5 Å². The Hall–Kier alpha value is -2.47. The number of nitrogens with one attached hydrogen (secondary N) is 1. The normalized spacial score (nSPS) is 15.3. The van der Waals surface area contributed by atoms with Gasteiger partial charge in [0.15, 0.2) is 0 Å². The highest BCUT2D eigenvalue weighted by atomic mass is 79.9. The molecule has 0 radical (unpaired) electrons. The van der Waals surface area contributed by atoms with E-state index in [2.05, 4.69) is 31.4 Å². The van der Waals surface area contributed by atoms with Gasteiger partial charge in [-0.25, -0.2) is 4.99 Å². The smallest absolute Gasteiger partial charge is 0.275 e. The van der Waals surface area contributed by atoms with Gasteiger partial charge in [0.1, 0.15) is 5.71 Å². The molecule has 3 rings (SSSR count). The summed E-state index contributed by atoms with van der Waals surface area (Å²) < 4.78 is 0.897. The molecule has 0 spiro atoms. The number of carbonyl (C=O) groups excluding carboxylic acids is 1. The van der Waals surface area contributed by atoms with E-state index >= 15 is 0 Å². The summed E-state index contributed by atoms with van der Waals surface area (Å²) in [5.74, 6) is -0.204. The lowest BCUT2D eigenvalue weighted by Crippen LogP contribution is -2.13. The molecule has 2 aromatic rings. The molecule has 0 bridgehead atoms. The Bertz CT molecular complexity index is 782. The van der Waals surface area contributed by atoms with E-state index in [1.165, 1.54) is 6.21 Å². The second-order valence-electron chi connectivity index (χ2n) is 4.77. The van der Waals surface area contributed by atoms with Crippen LogP contribution in [0.5, 0.6) is 0 Å². The highest BCUT2D eigenvalue weighted by Gasteiger charge is 2.25. The lowest BCUT2D eigenvalue weighted by atomic mass is 10.1. The summed E-state index contributed by atoms with van der Waals surface area (Å²) in [5.41, 5.74) is 3.66. The molecule has 0 aromatic heterocycles. The van der Waals surface area contributed by atoms with E-state index in [4.69, 9.17) is 5.21 Å². The SMILES string of the molecule is O=C1Nc2ccc(Br)cc2C1=Nc1ccc(CC=NO)cc1. The number of aliphatic imine (C=N–C) groups is 1.